The van der Waals surface area contributed by atoms with Crippen molar-refractivity contribution in [2.75, 3.05) is 19.6 Å². The molecule has 0 saturated heterocycles. The van der Waals surface area contributed by atoms with Gasteiger partial charge in [-0.05, 0) is 6.54 Å². The molecule has 0 aromatic carbocycles. The molecule has 0 atom stereocenters. The van der Waals surface area contributed by atoms with Gasteiger partial charge in [0.25, 0.3) is 0 Å². The molecule has 0 aromatic rings. The fourth-order valence-electron chi connectivity index (χ4n) is 0.279. The van der Waals surface area contributed by atoms with Gasteiger partial charge in [0.1, 0.15) is 0 Å². The van der Waals surface area contributed by atoms with Gasteiger partial charge < -0.3 is 13.9 Å². The third-order valence-corrected chi connectivity index (χ3v) is 0.571. The molecular weight excluding hydrogens is 122 g/mol. The van der Waals surface area contributed by atoms with E-state index in [2.05, 4.69) is 12.2 Å². The van der Waals surface area contributed by atoms with E-state index in [-0.39, 0.29) is 62.0 Å². The van der Waals surface area contributed by atoms with Gasteiger partial charge in [0.15, 0.2) is 0 Å². The van der Waals surface area contributed by atoms with E-state index in [0.29, 0.717) is 0 Å². The Bertz CT molecular complexity index is 31.2. The molecular formula is C4H14N2Na2. The second kappa shape index (κ2) is 16.0. The van der Waals surface area contributed by atoms with Gasteiger partial charge >= 0.3 is 59.1 Å². The van der Waals surface area contributed by atoms with Gasteiger partial charge in [-0.2, -0.15) is 0 Å². The van der Waals surface area contributed by atoms with Crippen molar-refractivity contribution in [3.8, 4) is 0 Å². The summed E-state index contributed by atoms with van der Waals surface area (Å²) in [4.78, 5) is 0. The van der Waals surface area contributed by atoms with Crippen molar-refractivity contribution in [3.05, 3.63) is 0 Å². The van der Waals surface area contributed by atoms with Gasteiger partial charge in [0.05, 0.1) is 0 Å². The predicted molar refractivity (Wildman–Crippen MR) is 29.8 cm³/mol. The molecule has 4 heteroatoms. The summed E-state index contributed by atoms with van der Waals surface area (Å²) in [5, 5.41) is 3.07. The van der Waals surface area contributed by atoms with E-state index >= 15 is 0 Å². The minimum absolute atomic E-state index is 0. The van der Waals surface area contributed by atoms with Crippen LogP contribution in [0.25, 0.3) is 0 Å². The molecule has 3 N–H and O–H groups in total. The monoisotopic (exact) mass is 136 g/mol. The number of hydrogen-bond acceptors (Lipinski definition) is 2. The summed E-state index contributed by atoms with van der Waals surface area (Å²) in [6, 6.07) is 0. The number of likely N-dealkylation sites (N-methyl/N-ethyl adjacent to an activating group) is 1. The summed E-state index contributed by atoms with van der Waals surface area (Å²) in [6.07, 6.45) is 0. The van der Waals surface area contributed by atoms with Crippen LogP contribution < -0.4 is 70.2 Å². The van der Waals surface area contributed by atoms with Gasteiger partial charge in [-0.3, -0.25) is 0 Å². The molecule has 0 saturated carbocycles. The maximum Gasteiger partial charge on any atom is 1.00 e. The Morgan fingerprint density at radius 3 is 2.12 bits per heavy atom. The van der Waals surface area contributed by atoms with Crippen molar-refractivity contribution in [1.29, 1.82) is 0 Å². The molecule has 0 rings (SSSR count). The molecule has 0 aliphatic heterocycles. The quantitative estimate of drug-likeness (QED) is 0.299. The van der Waals surface area contributed by atoms with E-state index in [1.165, 1.54) is 0 Å². The normalized spacial score (nSPS) is 6.75. The summed E-state index contributed by atoms with van der Waals surface area (Å²) in [7, 11) is 0. The van der Waals surface area contributed by atoms with Crippen LogP contribution in [0, 0.1) is 0 Å². The first kappa shape index (κ1) is 16.5. The van der Waals surface area contributed by atoms with Crippen molar-refractivity contribution >= 4 is 0 Å². The largest absolute Gasteiger partial charge is 1.00 e. The summed E-state index contributed by atoms with van der Waals surface area (Å²) >= 11 is 0. The van der Waals surface area contributed by atoms with Gasteiger partial charge in [0, 0.05) is 13.1 Å². The molecule has 0 aromatic heterocycles. The fraction of sp³-hybridized carbons (Fsp3) is 1.00. The van der Waals surface area contributed by atoms with E-state index in [1.54, 1.807) is 0 Å². The number of rotatable bonds is 3. The Labute approximate surface area is 98.5 Å². The summed E-state index contributed by atoms with van der Waals surface area (Å²) in [5.74, 6) is 0. The SMILES string of the molecule is CCNCCN.[H-].[H-].[Na+].[Na+]. The predicted octanol–water partition coefficient (Wildman–Crippen LogP) is -6.21. The van der Waals surface area contributed by atoms with Gasteiger partial charge in [0.2, 0.25) is 0 Å². The van der Waals surface area contributed by atoms with Gasteiger partial charge in [-0.25, -0.2) is 0 Å². The Kier molecular flexibility index (Phi) is 32.9. The van der Waals surface area contributed by atoms with Crippen molar-refractivity contribution in [1.82, 2.24) is 5.32 Å². The van der Waals surface area contributed by atoms with E-state index in [9.17, 15) is 0 Å². The van der Waals surface area contributed by atoms with Gasteiger partial charge in [-0.1, -0.05) is 6.92 Å². The maximum absolute atomic E-state index is 5.15. The molecule has 0 amide bonds. The third-order valence-electron chi connectivity index (χ3n) is 0.571. The number of hydrogen-bond donors (Lipinski definition) is 2. The molecule has 0 aliphatic rings. The molecule has 0 bridgehead atoms. The first-order valence-electron chi connectivity index (χ1n) is 2.32. The summed E-state index contributed by atoms with van der Waals surface area (Å²) < 4.78 is 0. The van der Waals surface area contributed by atoms with E-state index < -0.39 is 0 Å². The van der Waals surface area contributed by atoms with E-state index in [0.717, 1.165) is 19.6 Å². The molecule has 0 unspecified atom stereocenters. The number of nitrogens with two attached hydrogens (primary N) is 1. The van der Waals surface area contributed by atoms with Crippen molar-refractivity contribution in [2.45, 2.75) is 6.92 Å². The van der Waals surface area contributed by atoms with Crippen LogP contribution in [-0.2, 0) is 0 Å². The first-order valence-corrected chi connectivity index (χ1v) is 2.32. The maximum atomic E-state index is 5.15. The van der Waals surface area contributed by atoms with Crippen molar-refractivity contribution in [2.24, 2.45) is 5.73 Å². The van der Waals surface area contributed by atoms with Crippen LogP contribution in [0.4, 0.5) is 0 Å². The smallest absolute Gasteiger partial charge is 1.00 e. The average molecular weight is 136 g/mol. The van der Waals surface area contributed by atoms with Crippen LogP contribution in [0.5, 0.6) is 0 Å². The zero-order valence-corrected chi connectivity index (χ0v) is 10.2. The second-order valence-electron chi connectivity index (χ2n) is 1.14. The van der Waals surface area contributed by atoms with Gasteiger partial charge in [-0.15, -0.1) is 0 Å². The van der Waals surface area contributed by atoms with Crippen LogP contribution in [0.1, 0.15) is 9.78 Å². The molecule has 42 valence electrons. The number of nitrogens with one attached hydrogen (secondary N) is 1. The minimum Gasteiger partial charge on any atom is -1.00 e. The molecule has 0 aliphatic carbocycles. The Balaban J connectivity index is -0.0000000208. The molecule has 0 heterocycles. The van der Waals surface area contributed by atoms with Crippen molar-refractivity contribution < 1.29 is 62.0 Å². The molecule has 2 nitrogen and oxygen atoms in total. The summed E-state index contributed by atoms with van der Waals surface area (Å²) in [6.45, 7) is 4.77. The fourth-order valence-corrected chi connectivity index (χ4v) is 0.279. The van der Waals surface area contributed by atoms with Crippen LogP contribution >= 0.6 is 0 Å². The van der Waals surface area contributed by atoms with Crippen LogP contribution in [-0.4, -0.2) is 19.6 Å². The standard InChI is InChI=1S/C4H12N2.2Na.2H/c1-2-6-4-3-5;;;;/h6H,2-5H2,1H3;;;;/q;2*+1;2*-1. The Morgan fingerprint density at radius 1 is 1.50 bits per heavy atom. The molecule has 0 spiro atoms. The second-order valence-corrected chi connectivity index (χ2v) is 1.14. The van der Waals surface area contributed by atoms with E-state index in [1.807, 2.05) is 0 Å². The third kappa shape index (κ3) is 15.7. The minimum atomic E-state index is 0. The molecule has 0 radical (unpaired) electrons. The first-order chi connectivity index (χ1) is 2.91. The van der Waals surface area contributed by atoms with Crippen LogP contribution in [0.15, 0.2) is 0 Å². The topological polar surface area (TPSA) is 38.0 Å². The Hall–Kier alpha value is 1.92. The van der Waals surface area contributed by atoms with E-state index in [4.69, 9.17) is 5.73 Å². The van der Waals surface area contributed by atoms with Crippen LogP contribution in [0.2, 0.25) is 0 Å². The van der Waals surface area contributed by atoms with Crippen LogP contribution in [0.3, 0.4) is 0 Å². The van der Waals surface area contributed by atoms with Crippen molar-refractivity contribution in [3.63, 3.8) is 0 Å². The molecule has 8 heavy (non-hydrogen) atoms. The Morgan fingerprint density at radius 2 is 2.00 bits per heavy atom. The zero-order valence-electron chi connectivity index (χ0n) is 8.20. The summed E-state index contributed by atoms with van der Waals surface area (Å²) in [5.41, 5.74) is 5.15. The average Bonchev–Trinajstić information content (AvgIpc) is 1.61. The zero-order chi connectivity index (χ0) is 4.83. The molecule has 0 fully saturated rings.